The lowest BCUT2D eigenvalue weighted by atomic mass is 10.0. The molecule has 0 aromatic heterocycles. The Bertz CT molecular complexity index is 1290. The van der Waals surface area contributed by atoms with E-state index in [4.69, 9.17) is 4.74 Å². The molecule has 3 aromatic rings. The summed E-state index contributed by atoms with van der Waals surface area (Å²) in [7, 11) is -4.05. The molecule has 1 unspecified atom stereocenters. The van der Waals surface area contributed by atoms with Gasteiger partial charge in [0.25, 0.3) is 0 Å². The normalized spacial score (nSPS) is 14.0. The number of fused-ring (bicyclic) bond motifs is 1. The van der Waals surface area contributed by atoms with Crippen LogP contribution < -0.4 is 20.1 Å². The topological polar surface area (TPSA) is 114 Å². The van der Waals surface area contributed by atoms with E-state index in [9.17, 15) is 18.0 Å². The van der Waals surface area contributed by atoms with Crippen LogP contribution in [0.1, 0.15) is 30.5 Å². The van der Waals surface area contributed by atoms with Crippen LogP contribution in [0.5, 0.6) is 5.75 Å². The SMILES string of the molecule is CCOc1ccc(NC(=O)C(NS(=O)(=O)c2ccc3c(c2)CCC(=O)N3)c2ccccc2)cc1. The van der Waals surface area contributed by atoms with Gasteiger partial charge in [0.1, 0.15) is 11.8 Å². The summed E-state index contributed by atoms with van der Waals surface area (Å²) in [4.78, 5) is 24.8. The molecule has 34 heavy (non-hydrogen) atoms. The highest BCUT2D eigenvalue weighted by Crippen LogP contribution is 2.27. The van der Waals surface area contributed by atoms with Crippen LogP contribution in [0.3, 0.4) is 0 Å². The minimum Gasteiger partial charge on any atom is -0.494 e. The molecule has 2 amide bonds. The zero-order valence-electron chi connectivity index (χ0n) is 18.6. The first kappa shape index (κ1) is 23.5. The molecule has 1 atom stereocenters. The number of hydrogen-bond acceptors (Lipinski definition) is 5. The molecule has 0 aliphatic carbocycles. The average Bonchev–Trinajstić information content (AvgIpc) is 2.84. The average molecular weight is 480 g/mol. The van der Waals surface area contributed by atoms with Crippen molar-refractivity contribution in [2.75, 3.05) is 17.2 Å². The Morgan fingerprint density at radius 1 is 1.03 bits per heavy atom. The van der Waals surface area contributed by atoms with Crippen LogP contribution in [0.2, 0.25) is 0 Å². The van der Waals surface area contributed by atoms with Gasteiger partial charge in [-0.05, 0) is 66.9 Å². The minimum absolute atomic E-state index is 0.0252. The molecule has 3 N–H and O–H groups in total. The van der Waals surface area contributed by atoms with E-state index in [0.29, 0.717) is 42.1 Å². The van der Waals surface area contributed by atoms with Gasteiger partial charge < -0.3 is 15.4 Å². The summed E-state index contributed by atoms with van der Waals surface area (Å²) in [6.07, 6.45) is 0.742. The summed E-state index contributed by atoms with van der Waals surface area (Å²) >= 11 is 0. The van der Waals surface area contributed by atoms with Crippen molar-refractivity contribution in [3.05, 3.63) is 83.9 Å². The molecule has 4 rings (SSSR count). The van der Waals surface area contributed by atoms with Crippen LogP contribution >= 0.6 is 0 Å². The summed E-state index contributed by atoms with van der Waals surface area (Å²) < 4.78 is 34.4. The van der Waals surface area contributed by atoms with Gasteiger partial charge in [-0.15, -0.1) is 0 Å². The number of anilines is 2. The van der Waals surface area contributed by atoms with E-state index in [1.807, 2.05) is 6.92 Å². The van der Waals surface area contributed by atoms with Crippen molar-refractivity contribution >= 4 is 33.2 Å². The van der Waals surface area contributed by atoms with Gasteiger partial charge in [0, 0.05) is 17.8 Å². The first-order valence-corrected chi connectivity index (χ1v) is 12.4. The molecule has 0 saturated heterocycles. The monoisotopic (exact) mass is 479 g/mol. The Hall–Kier alpha value is -3.69. The van der Waals surface area contributed by atoms with Gasteiger partial charge in [-0.3, -0.25) is 9.59 Å². The number of rotatable bonds is 8. The van der Waals surface area contributed by atoms with E-state index in [1.54, 1.807) is 60.7 Å². The lowest BCUT2D eigenvalue weighted by molar-refractivity contribution is -0.118. The number of nitrogens with one attached hydrogen (secondary N) is 3. The molecule has 0 radical (unpaired) electrons. The van der Waals surface area contributed by atoms with Crippen molar-refractivity contribution in [3.63, 3.8) is 0 Å². The fraction of sp³-hybridized carbons (Fsp3) is 0.200. The zero-order valence-corrected chi connectivity index (χ0v) is 19.4. The first-order chi connectivity index (χ1) is 16.4. The molecular formula is C25H25N3O5S. The molecule has 1 heterocycles. The number of aryl methyl sites for hydroxylation is 1. The second-order valence-electron chi connectivity index (χ2n) is 7.78. The number of hydrogen-bond donors (Lipinski definition) is 3. The largest absolute Gasteiger partial charge is 0.494 e. The molecule has 0 bridgehead atoms. The van der Waals surface area contributed by atoms with Crippen molar-refractivity contribution in [1.29, 1.82) is 0 Å². The highest BCUT2D eigenvalue weighted by Gasteiger charge is 2.28. The van der Waals surface area contributed by atoms with Crippen molar-refractivity contribution in [2.45, 2.75) is 30.7 Å². The molecule has 3 aromatic carbocycles. The molecule has 1 aliphatic rings. The number of carbonyl (C=O) groups excluding carboxylic acids is 2. The number of sulfonamides is 1. The van der Waals surface area contributed by atoms with Crippen molar-refractivity contribution < 1.29 is 22.7 Å². The van der Waals surface area contributed by atoms with Gasteiger partial charge in [-0.1, -0.05) is 30.3 Å². The molecule has 176 valence electrons. The van der Waals surface area contributed by atoms with Gasteiger partial charge in [0.05, 0.1) is 11.5 Å². The molecule has 9 heteroatoms. The number of benzene rings is 3. The van der Waals surface area contributed by atoms with Gasteiger partial charge in [0.2, 0.25) is 21.8 Å². The Morgan fingerprint density at radius 2 is 1.76 bits per heavy atom. The van der Waals surface area contributed by atoms with E-state index in [2.05, 4.69) is 15.4 Å². The Morgan fingerprint density at radius 3 is 2.47 bits per heavy atom. The molecular weight excluding hydrogens is 454 g/mol. The third kappa shape index (κ3) is 5.44. The lowest BCUT2D eigenvalue weighted by Crippen LogP contribution is -2.37. The standard InChI is InChI=1S/C25H25N3O5S/c1-2-33-20-11-9-19(10-12-20)26-25(30)24(17-6-4-3-5-7-17)28-34(31,32)21-13-14-22-18(16-21)8-15-23(29)27-22/h3-7,9-14,16,24,28H,2,8,15H2,1H3,(H,26,30)(H,27,29). The van der Waals surface area contributed by atoms with Gasteiger partial charge in [-0.2, -0.15) is 4.72 Å². The maximum atomic E-state index is 13.2. The van der Waals surface area contributed by atoms with E-state index in [0.717, 1.165) is 5.56 Å². The molecule has 0 spiro atoms. The number of amides is 2. The first-order valence-electron chi connectivity index (χ1n) is 10.9. The molecule has 8 nitrogen and oxygen atoms in total. The van der Waals surface area contributed by atoms with E-state index >= 15 is 0 Å². The number of ether oxygens (including phenoxy) is 1. The Kier molecular flexibility index (Phi) is 6.95. The Labute approximate surface area is 198 Å². The molecule has 0 fully saturated rings. The van der Waals surface area contributed by atoms with Crippen molar-refractivity contribution in [2.24, 2.45) is 0 Å². The lowest BCUT2D eigenvalue weighted by Gasteiger charge is -2.21. The quantitative estimate of drug-likeness (QED) is 0.457. The number of carbonyl (C=O) groups is 2. The molecule has 1 aliphatic heterocycles. The summed E-state index contributed by atoms with van der Waals surface area (Å²) in [6, 6.07) is 18.8. The minimum atomic E-state index is -4.05. The van der Waals surface area contributed by atoms with E-state index in [1.165, 1.54) is 12.1 Å². The highest BCUT2D eigenvalue weighted by molar-refractivity contribution is 7.89. The van der Waals surface area contributed by atoms with Crippen LogP contribution in [0.15, 0.2) is 77.7 Å². The maximum absolute atomic E-state index is 13.2. The predicted molar refractivity (Wildman–Crippen MR) is 129 cm³/mol. The van der Waals surface area contributed by atoms with Crippen LogP contribution in [-0.2, 0) is 26.0 Å². The summed E-state index contributed by atoms with van der Waals surface area (Å²) in [5, 5.41) is 5.51. The molecule has 0 saturated carbocycles. The smallest absolute Gasteiger partial charge is 0.247 e. The van der Waals surface area contributed by atoms with Gasteiger partial charge >= 0.3 is 0 Å². The van der Waals surface area contributed by atoms with Crippen molar-refractivity contribution in [3.8, 4) is 5.75 Å². The fourth-order valence-electron chi connectivity index (χ4n) is 3.68. The van der Waals surface area contributed by atoms with Crippen LogP contribution in [0, 0.1) is 0 Å². The zero-order chi connectivity index (χ0) is 24.1. The summed E-state index contributed by atoms with van der Waals surface area (Å²) in [5.74, 6) is 0.0462. The second-order valence-corrected chi connectivity index (χ2v) is 9.49. The Balaban J connectivity index is 1.59. The van der Waals surface area contributed by atoms with Crippen LogP contribution in [0.25, 0.3) is 0 Å². The third-order valence-corrected chi connectivity index (χ3v) is 6.80. The second kappa shape index (κ2) is 10.1. The van der Waals surface area contributed by atoms with Gasteiger partial charge in [-0.25, -0.2) is 8.42 Å². The summed E-state index contributed by atoms with van der Waals surface area (Å²) in [5.41, 5.74) is 2.35. The van der Waals surface area contributed by atoms with Gasteiger partial charge in [0.15, 0.2) is 0 Å². The fourth-order valence-corrected chi connectivity index (χ4v) is 4.92. The predicted octanol–water partition coefficient (Wildman–Crippen LogP) is 3.63. The summed E-state index contributed by atoms with van der Waals surface area (Å²) in [6.45, 7) is 2.41. The highest BCUT2D eigenvalue weighted by atomic mass is 32.2. The maximum Gasteiger partial charge on any atom is 0.247 e. The van der Waals surface area contributed by atoms with Crippen LogP contribution in [-0.4, -0.2) is 26.8 Å². The van der Waals surface area contributed by atoms with Crippen LogP contribution in [0.4, 0.5) is 11.4 Å². The van der Waals surface area contributed by atoms with E-state index < -0.39 is 22.0 Å². The van der Waals surface area contributed by atoms with Crippen molar-refractivity contribution in [1.82, 2.24) is 4.72 Å². The third-order valence-electron chi connectivity index (χ3n) is 5.38. The van der Waals surface area contributed by atoms with E-state index in [-0.39, 0.29) is 10.8 Å².